The Hall–Kier alpha value is -6.07. The zero-order valence-corrected chi connectivity index (χ0v) is 55.8. The van der Waals surface area contributed by atoms with Crippen LogP contribution in [0, 0.1) is 35.1 Å². The zero-order chi connectivity index (χ0) is 64.7. The summed E-state index contributed by atoms with van der Waals surface area (Å²) in [6, 6.07) is 14.1. The van der Waals surface area contributed by atoms with Crippen LogP contribution in [0.4, 0.5) is 17.6 Å². The monoisotopic (exact) mass is 1490 g/mol. The van der Waals surface area contributed by atoms with Crippen molar-refractivity contribution < 1.29 is 58.7 Å². The average molecular weight is 1490 g/mol. The van der Waals surface area contributed by atoms with E-state index in [0.717, 1.165) is 69.3 Å². The standard InChI is InChI=1S/C32H37F2N5O5.C23H29FN4O4.C9H9BrFNO.Cu.HI/c1-20(2)39-29-27(31(40)37(32(39)41)13-5-15-43-26-6-3-4-14-42-26)38(18-21-9-11-23(33)12-10-21)28(36-29)25-16-24(34)17-35-30(25)44-19-22-7-8-22;1-16(2)28-21-20(26(15-25-21)14-17-7-9-18(24)10-8-17)22(29)27(23(28)30)11-5-13-32-19-6-3-4-12-31-19;10-8-3-7(11)4-12-9(8)13-5-6-1-2-6;;/h9-12,16-17,20,22,26H,3-8,13-15,18-19H2,1-2H3;7-10,15-16,19H,3-6,11-14H2,1-2H3;3-4,6H,1-2,5H2;;1H/q;;;+1;/p-1. The van der Waals surface area contributed by atoms with Gasteiger partial charge in [0.15, 0.2) is 34.9 Å². The Bertz CT molecular complexity index is 3960. The van der Waals surface area contributed by atoms with Crippen molar-refractivity contribution >= 4 is 58.6 Å². The molecule has 494 valence electrons. The van der Waals surface area contributed by atoms with Gasteiger partial charge in [-0.25, -0.2) is 47.1 Å². The fourth-order valence-corrected chi connectivity index (χ4v) is 11.0. The Morgan fingerprint density at radius 2 is 1.08 bits per heavy atom. The molecule has 6 aromatic heterocycles. The van der Waals surface area contributed by atoms with Gasteiger partial charge < -0.3 is 37.6 Å². The zero-order valence-electron chi connectivity index (χ0n) is 51.1. The van der Waals surface area contributed by atoms with Crippen LogP contribution in [0.15, 0.2) is 103 Å². The number of benzene rings is 2. The van der Waals surface area contributed by atoms with E-state index in [2.05, 4.69) is 43.6 Å². The van der Waals surface area contributed by atoms with E-state index >= 15 is 0 Å². The fraction of sp³-hybridized carbons (Fsp3) is 0.500. The van der Waals surface area contributed by atoms with Gasteiger partial charge in [0.05, 0.1) is 55.2 Å². The van der Waals surface area contributed by atoms with Crippen molar-refractivity contribution in [3.63, 3.8) is 0 Å². The number of halogens is 6. The van der Waals surface area contributed by atoms with E-state index in [1.54, 1.807) is 64.6 Å². The summed E-state index contributed by atoms with van der Waals surface area (Å²) in [6.45, 7) is 11.5. The van der Waals surface area contributed by atoms with Gasteiger partial charge in [0.2, 0.25) is 11.8 Å². The molecule has 12 rings (SSSR count). The minimum atomic E-state index is -0.597. The molecule has 2 aliphatic carbocycles. The number of ether oxygens (including phenoxy) is 6. The van der Waals surface area contributed by atoms with E-state index in [0.29, 0.717) is 97.9 Å². The first-order chi connectivity index (χ1) is 44.0. The second-order valence-electron chi connectivity index (χ2n) is 23.4. The van der Waals surface area contributed by atoms with Gasteiger partial charge in [-0.15, -0.1) is 0 Å². The van der Waals surface area contributed by atoms with Gasteiger partial charge in [0.25, 0.3) is 11.1 Å². The molecular weight excluding hydrogens is 1420 g/mol. The van der Waals surface area contributed by atoms with E-state index < -0.39 is 22.9 Å². The second kappa shape index (κ2) is 33.2. The first-order valence-corrected chi connectivity index (χ1v) is 34.6. The van der Waals surface area contributed by atoms with Crippen molar-refractivity contribution in [2.75, 3.05) is 39.6 Å². The van der Waals surface area contributed by atoms with Crippen LogP contribution in [-0.4, -0.2) is 99.6 Å². The normalized spacial score (nSPS) is 16.5. The average Bonchev–Trinajstić information content (AvgIpc) is 1.65. The molecule has 2 saturated carbocycles. The van der Waals surface area contributed by atoms with Crippen LogP contribution in [0.2, 0.25) is 0 Å². The predicted molar refractivity (Wildman–Crippen MR) is 342 cm³/mol. The van der Waals surface area contributed by atoms with Crippen LogP contribution in [0.5, 0.6) is 11.8 Å². The van der Waals surface area contributed by atoms with Gasteiger partial charge >= 0.3 is 44.5 Å². The van der Waals surface area contributed by atoms with Gasteiger partial charge in [0.1, 0.15) is 29.1 Å². The number of aromatic nitrogens is 10. The summed E-state index contributed by atoms with van der Waals surface area (Å²) < 4.78 is 97.9. The van der Waals surface area contributed by atoms with Crippen molar-refractivity contribution in [3.05, 3.63) is 160 Å². The topological polar surface area (TPSA) is 205 Å². The quantitative estimate of drug-likeness (QED) is 0.0253. The second-order valence-corrected chi connectivity index (χ2v) is 24.2. The number of rotatable bonds is 23. The molecule has 4 aliphatic rings. The number of nitrogens with zero attached hydrogens (tertiary/aromatic N) is 10. The third-order valence-electron chi connectivity index (χ3n) is 15.6. The van der Waals surface area contributed by atoms with Crippen molar-refractivity contribution in [1.29, 1.82) is 0 Å². The molecule has 91 heavy (non-hydrogen) atoms. The Balaban J connectivity index is 0.000000181. The van der Waals surface area contributed by atoms with Gasteiger partial charge in [-0.3, -0.25) is 27.9 Å². The third kappa shape index (κ3) is 18.4. The van der Waals surface area contributed by atoms with Crippen LogP contribution < -0.4 is 32.0 Å². The Labute approximate surface area is 551 Å². The van der Waals surface area contributed by atoms with E-state index in [-0.39, 0.29) is 95.6 Å². The molecule has 0 amide bonds. The van der Waals surface area contributed by atoms with Crippen molar-refractivity contribution in [1.82, 2.24) is 47.3 Å². The molecule has 8 aromatic rings. The van der Waals surface area contributed by atoms with E-state index in [4.69, 9.17) is 33.4 Å². The van der Waals surface area contributed by atoms with Gasteiger partial charge in [0, 0.05) is 51.5 Å². The van der Waals surface area contributed by atoms with Crippen molar-refractivity contribution in [3.8, 4) is 23.1 Å². The molecule has 20 nitrogen and oxygen atoms in total. The molecule has 0 radical (unpaired) electrons. The number of hydrogen-bond donors (Lipinski definition) is 0. The SMILES string of the molecule is CC(C)n1c(=O)n(CCCOC2CCCCO2)c(=O)c2c1nc(-c1cc(F)cnc1OCC1CC1)n2Cc1ccc(F)cc1.CC(C)n1c(=O)n(CCCOC2CCCCO2)c(=O)c2c1ncn2Cc1ccc(F)cc1.Fc1cnc(OCC2CC2)c(Br)c1.[Cu][I]. The number of fused-ring (bicyclic) bond motifs is 2. The predicted octanol–water partition coefficient (Wildman–Crippen LogP) is 11.8. The Morgan fingerprint density at radius 3 is 1.57 bits per heavy atom. The molecule has 2 unspecified atom stereocenters. The maximum atomic E-state index is 14.7. The van der Waals surface area contributed by atoms with Crippen LogP contribution >= 0.6 is 36.3 Å². The van der Waals surface area contributed by atoms with Crippen molar-refractivity contribution in [2.45, 2.75) is 156 Å². The van der Waals surface area contributed by atoms with E-state index in [1.807, 2.05) is 27.7 Å². The molecule has 2 saturated heterocycles. The molecule has 2 aliphatic heterocycles. The Kier molecular flexibility index (Phi) is 25.2. The summed E-state index contributed by atoms with van der Waals surface area (Å²) in [7, 11) is 0. The van der Waals surface area contributed by atoms with E-state index in [9.17, 15) is 36.7 Å². The van der Waals surface area contributed by atoms with Crippen molar-refractivity contribution in [2.24, 2.45) is 11.8 Å². The molecule has 0 N–H and O–H groups in total. The number of hydrogen-bond acceptors (Lipinski definition) is 14. The number of imidazole rings is 2. The summed E-state index contributed by atoms with van der Waals surface area (Å²) in [4.78, 5) is 71.6. The van der Waals surface area contributed by atoms with Crippen LogP contribution in [-0.2, 0) is 57.9 Å². The summed E-state index contributed by atoms with van der Waals surface area (Å²) in [5.74, 6) is 0.322. The molecule has 4 fully saturated rings. The van der Waals surface area contributed by atoms with Gasteiger partial charge in [-0.05, 0) is 180 Å². The van der Waals surface area contributed by atoms with Gasteiger partial charge in [-0.1, -0.05) is 24.3 Å². The summed E-state index contributed by atoms with van der Waals surface area (Å²) in [5, 5.41) is 0. The van der Waals surface area contributed by atoms with Crippen LogP contribution in [0.25, 0.3) is 33.7 Å². The number of pyridine rings is 2. The van der Waals surface area contributed by atoms with Crippen LogP contribution in [0.1, 0.15) is 128 Å². The first-order valence-electron chi connectivity index (χ1n) is 30.8. The molecule has 2 atom stereocenters. The summed E-state index contributed by atoms with van der Waals surface area (Å²) >= 11 is 9.06. The first kappa shape index (κ1) is 69.3. The third-order valence-corrected chi connectivity index (χ3v) is 16.2. The molecule has 0 bridgehead atoms. The van der Waals surface area contributed by atoms with E-state index in [1.165, 1.54) is 62.9 Å². The maximum absolute atomic E-state index is 14.7. The summed E-state index contributed by atoms with van der Waals surface area (Å²) in [6.07, 6.45) is 14.7. The molecule has 8 heterocycles. The molecular formula is C64H75BrCuF4IN10O10. The summed E-state index contributed by atoms with van der Waals surface area (Å²) in [5.41, 5.74) is 1.07. The molecule has 0 spiro atoms. The fourth-order valence-electron chi connectivity index (χ4n) is 10.6. The molecule has 2 aromatic carbocycles. The van der Waals surface area contributed by atoms with Crippen LogP contribution in [0.3, 0.4) is 0 Å². The Morgan fingerprint density at radius 1 is 0.593 bits per heavy atom. The molecule has 27 heteroatoms. The minimum absolute atomic E-state index is 0.109. The van der Waals surface area contributed by atoms with Gasteiger partial charge in [-0.2, -0.15) is 0 Å².